The second-order valence-electron chi connectivity index (χ2n) is 3.69. The van der Waals surface area contributed by atoms with Crippen LogP contribution in [0.4, 0.5) is 5.69 Å². The zero-order valence-electron chi connectivity index (χ0n) is 8.91. The van der Waals surface area contributed by atoms with E-state index in [4.69, 9.17) is 11.1 Å². The summed E-state index contributed by atoms with van der Waals surface area (Å²) in [7, 11) is 1.78. The first-order valence-corrected chi connectivity index (χ1v) is 4.70. The first-order chi connectivity index (χ1) is 6.52. The Morgan fingerprint density at radius 1 is 1.29 bits per heavy atom. The van der Waals surface area contributed by atoms with Gasteiger partial charge in [0.1, 0.15) is 0 Å². The molecule has 3 N–H and O–H groups in total. The minimum Gasteiger partial charge on any atom is -0.370 e. The fraction of sp³-hybridized carbons (Fsp3) is 0.364. The third kappa shape index (κ3) is 2.25. The third-order valence-corrected chi connectivity index (χ3v) is 2.31. The molecule has 0 aliphatic carbocycles. The fourth-order valence-corrected chi connectivity index (χ4v) is 1.22. The minimum absolute atomic E-state index is 0.0577. The van der Waals surface area contributed by atoms with E-state index in [1.54, 1.807) is 11.9 Å². The Hall–Kier alpha value is -1.51. The Balaban J connectivity index is 2.88. The number of guanidine groups is 1. The van der Waals surface area contributed by atoms with Crippen LogP contribution in [0.3, 0.4) is 0 Å². The summed E-state index contributed by atoms with van der Waals surface area (Å²) in [5, 5.41) is 7.28. The molecule has 0 atom stereocenters. The predicted octanol–water partition coefficient (Wildman–Crippen LogP) is 2.14. The first-order valence-electron chi connectivity index (χ1n) is 4.70. The highest BCUT2D eigenvalue weighted by Gasteiger charge is 2.03. The van der Waals surface area contributed by atoms with Gasteiger partial charge >= 0.3 is 0 Å². The molecule has 0 spiro atoms. The van der Waals surface area contributed by atoms with Crippen LogP contribution in [0.25, 0.3) is 0 Å². The van der Waals surface area contributed by atoms with Crippen molar-refractivity contribution in [2.45, 2.75) is 19.8 Å². The van der Waals surface area contributed by atoms with Crippen molar-refractivity contribution in [3.63, 3.8) is 0 Å². The second kappa shape index (κ2) is 4.13. The molecule has 1 aromatic rings. The van der Waals surface area contributed by atoms with Crippen LogP contribution in [0.5, 0.6) is 0 Å². The van der Waals surface area contributed by atoms with Gasteiger partial charge in [0.15, 0.2) is 5.96 Å². The first kappa shape index (κ1) is 10.6. The average Bonchev–Trinajstić information content (AvgIpc) is 2.16. The molecule has 0 aromatic heterocycles. The number of nitrogens with one attached hydrogen (secondary N) is 1. The Morgan fingerprint density at radius 3 is 2.14 bits per heavy atom. The van der Waals surface area contributed by atoms with Gasteiger partial charge < -0.3 is 10.6 Å². The molecule has 0 saturated carbocycles. The van der Waals surface area contributed by atoms with Crippen LogP contribution in [0, 0.1) is 5.41 Å². The summed E-state index contributed by atoms with van der Waals surface area (Å²) in [5.74, 6) is 0.592. The van der Waals surface area contributed by atoms with Gasteiger partial charge in [-0.25, -0.2) is 0 Å². The van der Waals surface area contributed by atoms with E-state index in [1.165, 1.54) is 5.56 Å². The molecule has 0 radical (unpaired) electrons. The lowest BCUT2D eigenvalue weighted by atomic mass is 10.0. The van der Waals surface area contributed by atoms with E-state index < -0.39 is 0 Å². The molecule has 0 unspecified atom stereocenters. The molecule has 0 amide bonds. The lowest BCUT2D eigenvalue weighted by Gasteiger charge is -2.17. The topological polar surface area (TPSA) is 53.1 Å². The van der Waals surface area contributed by atoms with Gasteiger partial charge in [0.05, 0.1) is 0 Å². The quantitative estimate of drug-likeness (QED) is 0.556. The van der Waals surface area contributed by atoms with Gasteiger partial charge in [0.2, 0.25) is 0 Å². The van der Waals surface area contributed by atoms with E-state index in [9.17, 15) is 0 Å². The van der Waals surface area contributed by atoms with Crippen LogP contribution >= 0.6 is 0 Å². The summed E-state index contributed by atoms with van der Waals surface area (Å²) in [6.07, 6.45) is 0. The number of hydrogen-bond acceptors (Lipinski definition) is 1. The van der Waals surface area contributed by atoms with Gasteiger partial charge in [-0.1, -0.05) is 26.0 Å². The Morgan fingerprint density at radius 2 is 1.79 bits per heavy atom. The van der Waals surface area contributed by atoms with Crippen molar-refractivity contribution < 1.29 is 0 Å². The molecular formula is C11H17N3. The Bertz CT molecular complexity index is 314. The lowest BCUT2D eigenvalue weighted by Crippen LogP contribution is -2.32. The van der Waals surface area contributed by atoms with Crippen LogP contribution in [-0.4, -0.2) is 13.0 Å². The number of nitrogens with two attached hydrogens (primary N) is 1. The molecule has 3 nitrogen and oxygen atoms in total. The lowest BCUT2D eigenvalue weighted by molar-refractivity contribution is 0.866. The van der Waals surface area contributed by atoms with Gasteiger partial charge in [-0.2, -0.15) is 0 Å². The second-order valence-corrected chi connectivity index (χ2v) is 3.69. The van der Waals surface area contributed by atoms with E-state index >= 15 is 0 Å². The molecule has 0 fully saturated rings. The maximum absolute atomic E-state index is 7.28. The van der Waals surface area contributed by atoms with Gasteiger partial charge in [-0.15, -0.1) is 0 Å². The molecule has 0 aliphatic rings. The summed E-state index contributed by atoms with van der Waals surface area (Å²) < 4.78 is 0. The molecule has 0 saturated heterocycles. The zero-order chi connectivity index (χ0) is 10.7. The monoisotopic (exact) mass is 191 g/mol. The molecule has 1 aromatic carbocycles. The number of hydrogen-bond donors (Lipinski definition) is 2. The summed E-state index contributed by atoms with van der Waals surface area (Å²) in [4.78, 5) is 1.64. The summed E-state index contributed by atoms with van der Waals surface area (Å²) in [6.45, 7) is 4.31. The van der Waals surface area contributed by atoms with E-state index in [0.29, 0.717) is 5.92 Å². The summed E-state index contributed by atoms with van der Waals surface area (Å²) in [6, 6.07) is 8.10. The maximum Gasteiger partial charge on any atom is 0.192 e. The van der Waals surface area contributed by atoms with Gasteiger partial charge in [0.25, 0.3) is 0 Å². The Labute approximate surface area is 85.0 Å². The third-order valence-electron chi connectivity index (χ3n) is 2.31. The van der Waals surface area contributed by atoms with Gasteiger partial charge in [0, 0.05) is 12.7 Å². The molecule has 76 valence electrons. The van der Waals surface area contributed by atoms with Crippen molar-refractivity contribution in [3.8, 4) is 0 Å². The highest BCUT2D eigenvalue weighted by molar-refractivity contribution is 5.91. The van der Waals surface area contributed by atoms with Crippen LogP contribution in [0.1, 0.15) is 25.3 Å². The molecule has 0 heterocycles. The van der Waals surface area contributed by atoms with Crippen molar-refractivity contribution in [1.29, 1.82) is 5.41 Å². The molecule has 14 heavy (non-hydrogen) atoms. The number of rotatable bonds is 2. The number of benzene rings is 1. The number of nitrogens with zero attached hydrogens (tertiary/aromatic N) is 1. The van der Waals surface area contributed by atoms with Crippen molar-refractivity contribution in [3.05, 3.63) is 29.8 Å². The predicted molar refractivity (Wildman–Crippen MR) is 60.8 cm³/mol. The van der Waals surface area contributed by atoms with Gasteiger partial charge in [-0.3, -0.25) is 5.41 Å². The van der Waals surface area contributed by atoms with Crippen LogP contribution in [0.15, 0.2) is 24.3 Å². The van der Waals surface area contributed by atoms with Crippen molar-refractivity contribution >= 4 is 11.6 Å². The Kier molecular flexibility index (Phi) is 3.12. The van der Waals surface area contributed by atoms with E-state index in [0.717, 1.165) is 5.69 Å². The largest absolute Gasteiger partial charge is 0.370 e. The van der Waals surface area contributed by atoms with Crippen molar-refractivity contribution in [2.75, 3.05) is 11.9 Å². The summed E-state index contributed by atoms with van der Waals surface area (Å²) in [5.41, 5.74) is 7.62. The van der Waals surface area contributed by atoms with Crippen LogP contribution in [0.2, 0.25) is 0 Å². The van der Waals surface area contributed by atoms with Crippen molar-refractivity contribution in [1.82, 2.24) is 0 Å². The van der Waals surface area contributed by atoms with E-state index in [-0.39, 0.29) is 5.96 Å². The average molecular weight is 191 g/mol. The SMILES string of the molecule is CC(C)c1ccc(N(C)C(=N)N)cc1. The van der Waals surface area contributed by atoms with Gasteiger partial charge in [-0.05, 0) is 23.6 Å². The van der Waals surface area contributed by atoms with Crippen LogP contribution < -0.4 is 10.6 Å². The molecule has 0 bridgehead atoms. The maximum atomic E-state index is 7.28. The normalized spacial score (nSPS) is 10.3. The molecule has 1 rings (SSSR count). The van der Waals surface area contributed by atoms with Crippen LogP contribution in [-0.2, 0) is 0 Å². The van der Waals surface area contributed by atoms with E-state index in [2.05, 4.69) is 26.0 Å². The molecule has 3 heteroatoms. The standard InChI is InChI=1S/C11H17N3/c1-8(2)9-4-6-10(7-5-9)14(3)11(12)13/h4-8H,1-3H3,(H3,12,13). The highest BCUT2D eigenvalue weighted by Crippen LogP contribution is 2.18. The smallest absolute Gasteiger partial charge is 0.192 e. The minimum atomic E-state index is 0.0577. The number of anilines is 1. The van der Waals surface area contributed by atoms with Crippen molar-refractivity contribution in [2.24, 2.45) is 5.73 Å². The molecular weight excluding hydrogens is 174 g/mol. The van der Waals surface area contributed by atoms with E-state index in [1.807, 2.05) is 12.1 Å². The highest BCUT2D eigenvalue weighted by atomic mass is 15.2. The zero-order valence-corrected chi connectivity index (χ0v) is 8.91. The fourth-order valence-electron chi connectivity index (χ4n) is 1.22. The molecule has 0 aliphatic heterocycles. The summed E-state index contributed by atoms with van der Waals surface area (Å²) >= 11 is 0.